The first kappa shape index (κ1) is 23.7. The summed E-state index contributed by atoms with van der Waals surface area (Å²) in [7, 11) is 0. The van der Waals surface area contributed by atoms with Gasteiger partial charge in [-0.05, 0) is 36.8 Å². The van der Waals surface area contributed by atoms with Gasteiger partial charge in [0.25, 0.3) is 5.91 Å². The molecule has 0 saturated heterocycles. The van der Waals surface area contributed by atoms with Gasteiger partial charge in [0.1, 0.15) is 21.9 Å². The highest BCUT2D eigenvalue weighted by atomic mass is 35.5. The van der Waals surface area contributed by atoms with E-state index in [0.29, 0.717) is 16.1 Å². The Morgan fingerprint density at radius 2 is 1.97 bits per heavy atom. The molecule has 11 heteroatoms. The summed E-state index contributed by atoms with van der Waals surface area (Å²) in [6.07, 6.45) is -0.218. The molecule has 0 bridgehead atoms. The number of amides is 1. The van der Waals surface area contributed by atoms with Crippen LogP contribution in [0.5, 0.6) is 0 Å². The average Bonchev–Trinajstić information content (AvgIpc) is 3.24. The second-order valence-corrected chi connectivity index (χ2v) is 10.2. The molecule has 0 saturated carbocycles. The van der Waals surface area contributed by atoms with Gasteiger partial charge in [0, 0.05) is 11.3 Å². The van der Waals surface area contributed by atoms with E-state index in [0.717, 1.165) is 47.2 Å². The Labute approximate surface area is 208 Å². The number of carbonyl (C=O) groups excluding carboxylic acids is 1. The first-order valence-electron chi connectivity index (χ1n) is 11.3. The Bertz CT molecular complexity index is 1310. The number of carbonyl (C=O) groups is 1. The Kier molecular flexibility index (Phi) is 6.23. The monoisotopic (exact) mass is 519 g/mol. The van der Waals surface area contributed by atoms with Crippen molar-refractivity contribution in [2.75, 3.05) is 10.6 Å². The van der Waals surface area contributed by atoms with Gasteiger partial charge in [-0.15, -0.1) is 11.3 Å². The van der Waals surface area contributed by atoms with Gasteiger partial charge in [-0.25, -0.2) is 4.68 Å². The van der Waals surface area contributed by atoms with Crippen molar-refractivity contribution in [2.45, 2.75) is 56.8 Å². The van der Waals surface area contributed by atoms with Crippen molar-refractivity contribution in [3.8, 4) is 6.07 Å². The molecule has 3 aromatic rings. The molecule has 2 N–H and O–H groups in total. The molecule has 5 rings (SSSR count). The van der Waals surface area contributed by atoms with Gasteiger partial charge in [0.05, 0.1) is 11.6 Å². The molecular weight excluding hydrogens is 499 g/mol. The van der Waals surface area contributed by atoms with Crippen molar-refractivity contribution < 1.29 is 18.0 Å². The fourth-order valence-electron chi connectivity index (χ4n) is 4.75. The van der Waals surface area contributed by atoms with Crippen molar-refractivity contribution in [3.05, 3.63) is 62.6 Å². The van der Waals surface area contributed by atoms with E-state index in [1.165, 1.54) is 11.3 Å². The molecule has 0 radical (unpaired) electrons. The van der Waals surface area contributed by atoms with E-state index in [1.54, 1.807) is 30.3 Å². The molecule has 6 nitrogen and oxygen atoms in total. The first-order valence-corrected chi connectivity index (χ1v) is 12.5. The minimum absolute atomic E-state index is 0.0540. The van der Waals surface area contributed by atoms with E-state index >= 15 is 0 Å². The fourth-order valence-corrected chi connectivity index (χ4v) is 6.25. The zero-order valence-corrected chi connectivity index (χ0v) is 20.0. The predicted molar refractivity (Wildman–Crippen MR) is 128 cm³/mol. The molecule has 1 aliphatic carbocycles. The zero-order valence-electron chi connectivity index (χ0n) is 18.5. The quantitative estimate of drug-likeness (QED) is 0.379. The molecule has 1 aliphatic heterocycles. The predicted octanol–water partition coefficient (Wildman–Crippen LogP) is 6.65. The minimum atomic E-state index is -4.59. The number of nitrogens with zero attached hydrogens (tertiary/aromatic N) is 3. The van der Waals surface area contributed by atoms with Crippen molar-refractivity contribution in [2.24, 2.45) is 0 Å². The third kappa shape index (κ3) is 4.39. The number of anilines is 2. The lowest BCUT2D eigenvalue weighted by Gasteiger charge is -2.33. The number of benzene rings is 1. The molecule has 2 aliphatic rings. The van der Waals surface area contributed by atoms with Crippen LogP contribution in [-0.4, -0.2) is 21.9 Å². The van der Waals surface area contributed by atoms with E-state index in [2.05, 4.69) is 21.8 Å². The lowest BCUT2D eigenvalue weighted by Crippen LogP contribution is -2.35. The number of rotatable bonds is 3. The Hall–Kier alpha value is -3.03. The second kappa shape index (κ2) is 9.21. The lowest BCUT2D eigenvalue weighted by molar-refractivity contribution is -0.173. The van der Waals surface area contributed by atoms with Crippen LogP contribution in [0.2, 0.25) is 5.02 Å². The average molecular weight is 520 g/mol. The number of fused-ring (bicyclic) bond motifs is 2. The van der Waals surface area contributed by atoms with E-state index < -0.39 is 24.2 Å². The maximum Gasteiger partial charge on any atom is 0.410 e. The summed E-state index contributed by atoms with van der Waals surface area (Å²) in [4.78, 5) is 14.2. The molecule has 3 heterocycles. The number of hydrogen-bond donors (Lipinski definition) is 2. The number of hydrogen-bond acceptors (Lipinski definition) is 5. The Morgan fingerprint density at radius 3 is 2.69 bits per heavy atom. The number of alkyl halides is 3. The number of nitriles is 1. The van der Waals surface area contributed by atoms with Gasteiger partial charge in [-0.1, -0.05) is 48.4 Å². The van der Waals surface area contributed by atoms with Crippen molar-refractivity contribution in [3.63, 3.8) is 0 Å². The highest BCUT2D eigenvalue weighted by Gasteiger charge is 2.48. The summed E-state index contributed by atoms with van der Waals surface area (Å²) in [5, 5.41) is 19.6. The summed E-state index contributed by atoms with van der Waals surface area (Å²) in [5.41, 5.74) is 1.72. The maximum atomic E-state index is 14.0. The van der Waals surface area contributed by atoms with E-state index in [-0.39, 0.29) is 23.0 Å². The molecule has 1 amide bonds. The van der Waals surface area contributed by atoms with Gasteiger partial charge in [0.2, 0.25) is 0 Å². The van der Waals surface area contributed by atoms with Crippen LogP contribution in [0, 0.1) is 11.3 Å². The normalized spacial score (nSPS) is 19.6. The minimum Gasteiger partial charge on any atom is -0.362 e. The standard InChI is InChI=1S/C24H21ClF3N5OS/c25-19-20(22(34)31-23-15(12-29)14-9-5-2-6-10-17(14)35-23)32-33-18(24(26,27)28)11-16(30-21(19)33)13-7-3-1-4-8-13/h1,3-4,7-8,16,18,30H,2,5-6,9-11H2,(H,31,34)/t16-,18+/m0/s1. The molecule has 0 spiro atoms. The van der Waals surface area contributed by atoms with Crippen LogP contribution in [0.15, 0.2) is 30.3 Å². The van der Waals surface area contributed by atoms with Gasteiger partial charge in [0.15, 0.2) is 11.7 Å². The maximum absolute atomic E-state index is 14.0. The van der Waals surface area contributed by atoms with Crippen LogP contribution in [0.3, 0.4) is 0 Å². The van der Waals surface area contributed by atoms with Crippen LogP contribution in [-0.2, 0) is 12.8 Å². The molecule has 2 atom stereocenters. The SMILES string of the molecule is N#Cc1c(NC(=O)c2nn3c(c2Cl)N[C@H](c2ccccc2)C[C@@H]3C(F)(F)F)sc2c1CCCCC2. The first-order chi connectivity index (χ1) is 16.8. The second-order valence-electron chi connectivity index (χ2n) is 8.69. The van der Waals surface area contributed by atoms with Crippen LogP contribution in [0.4, 0.5) is 24.0 Å². The van der Waals surface area contributed by atoms with Gasteiger partial charge in [-0.2, -0.15) is 23.5 Å². The molecular formula is C24H21ClF3N5OS. The molecule has 0 unspecified atom stereocenters. The molecule has 2 aromatic heterocycles. The molecule has 0 fully saturated rings. The van der Waals surface area contributed by atoms with Crippen molar-refractivity contribution >= 4 is 39.7 Å². The largest absolute Gasteiger partial charge is 0.410 e. The van der Waals surface area contributed by atoms with Gasteiger partial charge in [-0.3, -0.25) is 4.79 Å². The summed E-state index contributed by atoms with van der Waals surface area (Å²) >= 11 is 7.77. The van der Waals surface area contributed by atoms with Crippen molar-refractivity contribution in [1.29, 1.82) is 5.26 Å². The Balaban J connectivity index is 1.49. The highest BCUT2D eigenvalue weighted by molar-refractivity contribution is 7.16. The number of aryl methyl sites for hydroxylation is 1. The van der Waals surface area contributed by atoms with Crippen LogP contribution in [0.1, 0.15) is 69.8 Å². The van der Waals surface area contributed by atoms with Crippen molar-refractivity contribution in [1.82, 2.24) is 9.78 Å². The third-order valence-electron chi connectivity index (χ3n) is 6.47. The van der Waals surface area contributed by atoms with E-state index in [4.69, 9.17) is 11.6 Å². The number of aromatic nitrogens is 2. The van der Waals surface area contributed by atoms with Gasteiger partial charge >= 0.3 is 6.18 Å². The number of thiophene rings is 1. The Morgan fingerprint density at radius 1 is 1.23 bits per heavy atom. The summed E-state index contributed by atoms with van der Waals surface area (Å²) < 4.78 is 42.7. The fraction of sp³-hybridized carbons (Fsp3) is 0.375. The summed E-state index contributed by atoms with van der Waals surface area (Å²) in [5.74, 6) is -0.800. The molecule has 35 heavy (non-hydrogen) atoms. The van der Waals surface area contributed by atoms with Gasteiger partial charge < -0.3 is 10.6 Å². The summed E-state index contributed by atoms with van der Waals surface area (Å²) in [6.45, 7) is 0. The summed E-state index contributed by atoms with van der Waals surface area (Å²) in [6, 6.07) is 8.34. The highest BCUT2D eigenvalue weighted by Crippen LogP contribution is 2.46. The van der Waals surface area contributed by atoms with Crippen LogP contribution >= 0.6 is 22.9 Å². The van der Waals surface area contributed by atoms with Crippen LogP contribution < -0.4 is 10.6 Å². The molecule has 182 valence electrons. The smallest absolute Gasteiger partial charge is 0.362 e. The topological polar surface area (TPSA) is 82.7 Å². The lowest BCUT2D eigenvalue weighted by atomic mass is 9.97. The molecule has 1 aromatic carbocycles. The zero-order chi connectivity index (χ0) is 24.7. The van der Waals surface area contributed by atoms with E-state index in [9.17, 15) is 23.2 Å². The number of nitrogens with one attached hydrogen (secondary N) is 2. The van der Waals surface area contributed by atoms with E-state index in [1.807, 2.05) is 0 Å². The third-order valence-corrected chi connectivity index (χ3v) is 8.04. The van der Waals surface area contributed by atoms with Crippen LogP contribution in [0.25, 0.3) is 0 Å². The number of halogens is 4.